The molecule has 0 spiro atoms. The molecular weight excluding hydrogens is 268 g/mol. The van der Waals surface area contributed by atoms with Gasteiger partial charge in [0.25, 0.3) is 0 Å². The van der Waals surface area contributed by atoms with Crippen molar-refractivity contribution in [1.29, 1.82) is 0 Å². The van der Waals surface area contributed by atoms with Crippen LogP contribution in [0.25, 0.3) is 0 Å². The minimum atomic E-state index is -0.237. The van der Waals surface area contributed by atoms with E-state index in [0.717, 1.165) is 23.3 Å². The highest BCUT2D eigenvalue weighted by atomic mass is 16.5. The van der Waals surface area contributed by atoms with Gasteiger partial charge in [-0.25, -0.2) is 4.79 Å². The summed E-state index contributed by atoms with van der Waals surface area (Å²) in [6, 6.07) is 5.73. The minimum Gasteiger partial charge on any atom is -0.490 e. The summed E-state index contributed by atoms with van der Waals surface area (Å²) < 4.78 is 5.90. The van der Waals surface area contributed by atoms with Crippen molar-refractivity contribution < 1.29 is 14.6 Å². The Kier molecular flexibility index (Phi) is 7.61. The molecule has 1 rings (SSSR count). The largest absolute Gasteiger partial charge is 0.490 e. The summed E-state index contributed by atoms with van der Waals surface area (Å²) in [6.45, 7) is 7.07. The van der Waals surface area contributed by atoms with Gasteiger partial charge in [-0.05, 0) is 38.3 Å². The van der Waals surface area contributed by atoms with Crippen LogP contribution in [0.15, 0.2) is 18.2 Å². The molecule has 0 radical (unpaired) electrons. The molecule has 0 aromatic heterocycles. The summed E-state index contributed by atoms with van der Waals surface area (Å²) in [5, 5.41) is 14.2. The Morgan fingerprint density at radius 3 is 2.81 bits per heavy atom. The van der Waals surface area contributed by atoms with Crippen LogP contribution >= 0.6 is 0 Å². The van der Waals surface area contributed by atoms with Crippen LogP contribution in [-0.2, 0) is 6.54 Å². The zero-order valence-electron chi connectivity index (χ0n) is 13.1. The van der Waals surface area contributed by atoms with Crippen LogP contribution in [0.2, 0.25) is 0 Å². The number of aliphatic hydroxyl groups is 1. The number of urea groups is 1. The Labute approximate surface area is 126 Å². The van der Waals surface area contributed by atoms with Gasteiger partial charge in [0, 0.05) is 25.3 Å². The number of hydrogen-bond acceptors (Lipinski definition) is 3. The van der Waals surface area contributed by atoms with Crippen molar-refractivity contribution in [3.63, 3.8) is 0 Å². The molecule has 0 aliphatic heterocycles. The first-order chi connectivity index (χ1) is 10.1. The zero-order chi connectivity index (χ0) is 15.7. The van der Waals surface area contributed by atoms with E-state index in [-0.39, 0.29) is 18.7 Å². The molecule has 5 nitrogen and oxygen atoms in total. The molecule has 1 atom stereocenters. The van der Waals surface area contributed by atoms with Gasteiger partial charge in [0.05, 0.1) is 6.10 Å². The number of aliphatic hydroxyl groups excluding tert-OH is 1. The Balaban J connectivity index is 2.59. The fraction of sp³-hybridized carbons (Fsp3) is 0.562. The molecule has 0 fully saturated rings. The van der Waals surface area contributed by atoms with Crippen molar-refractivity contribution in [2.75, 3.05) is 13.2 Å². The summed E-state index contributed by atoms with van der Waals surface area (Å²) in [5.74, 6) is 0.819. The second kappa shape index (κ2) is 9.23. The van der Waals surface area contributed by atoms with Crippen LogP contribution in [-0.4, -0.2) is 30.4 Å². The fourth-order valence-electron chi connectivity index (χ4n) is 1.74. The monoisotopic (exact) mass is 294 g/mol. The zero-order valence-corrected chi connectivity index (χ0v) is 13.1. The lowest BCUT2D eigenvalue weighted by Gasteiger charge is -2.17. The second-order valence-electron chi connectivity index (χ2n) is 5.13. The molecule has 1 unspecified atom stereocenters. The normalized spacial score (nSPS) is 11.8. The first-order valence-electron chi connectivity index (χ1n) is 7.45. The molecule has 0 heterocycles. The third-order valence-electron chi connectivity index (χ3n) is 3.19. The van der Waals surface area contributed by atoms with Gasteiger partial charge >= 0.3 is 6.03 Å². The van der Waals surface area contributed by atoms with Crippen LogP contribution in [0.5, 0.6) is 5.75 Å². The molecule has 1 aromatic carbocycles. The lowest BCUT2D eigenvalue weighted by atomic mass is 10.1. The highest BCUT2D eigenvalue weighted by Gasteiger charge is 2.09. The van der Waals surface area contributed by atoms with Gasteiger partial charge in [-0.3, -0.25) is 0 Å². The third-order valence-corrected chi connectivity index (χ3v) is 3.19. The first-order valence-corrected chi connectivity index (χ1v) is 7.45. The molecule has 0 saturated carbocycles. The van der Waals surface area contributed by atoms with Gasteiger partial charge in [0.15, 0.2) is 0 Å². The van der Waals surface area contributed by atoms with E-state index in [1.54, 1.807) is 0 Å². The van der Waals surface area contributed by atoms with Crippen LogP contribution < -0.4 is 15.4 Å². The van der Waals surface area contributed by atoms with Crippen LogP contribution in [0.3, 0.4) is 0 Å². The molecular formula is C16H26N2O3. The van der Waals surface area contributed by atoms with Crippen molar-refractivity contribution in [3.8, 4) is 5.75 Å². The third kappa shape index (κ3) is 6.49. The molecule has 5 heteroatoms. The van der Waals surface area contributed by atoms with Gasteiger partial charge in [0.1, 0.15) is 5.75 Å². The lowest BCUT2D eigenvalue weighted by molar-refractivity contribution is 0.214. The van der Waals surface area contributed by atoms with Crippen molar-refractivity contribution in [1.82, 2.24) is 10.6 Å². The maximum Gasteiger partial charge on any atom is 0.315 e. The molecule has 3 N–H and O–H groups in total. The average molecular weight is 294 g/mol. The number of ether oxygens (including phenoxy) is 1. The number of carbonyl (C=O) groups is 1. The number of carbonyl (C=O) groups excluding carboxylic acids is 1. The van der Waals surface area contributed by atoms with Crippen molar-refractivity contribution >= 4 is 6.03 Å². The molecule has 1 aromatic rings. The SMILES string of the molecule is CCC(C)Oc1cc(C)ccc1CNC(=O)NCCCO. The van der Waals surface area contributed by atoms with Crippen LogP contribution in [0.4, 0.5) is 4.79 Å². The highest BCUT2D eigenvalue weighted by Crippen LogP contribution is 2.22. The van der Waals surface area contributed by atoms with Gasteiger partial charge < -0.3 is 20.5 Å². The predicted molar refractivity (Wildman–Crippen MR) is 83.5 cm³/mol. The standard InChI is InChI=1S/C16H26N2O3/c1-4-13(3)21-15-10-12(2)6-7-14(15)11-18-16(20)17-8-5-9-19/h6-7,10,13,19H,4-5,8-9,11H2,1-3H3,(H2,17,18,20). The summed E-state index contributed by atoms with van der Waals surface area (Å²) in [7, 11) is 0. The Hall–Kier alpha value is -1.75. The number of amides is 2. The number of rotatable bonds is 8. The minimum absolute atomic E-state index is 0.0745. The number of hydrogen-bond donors (Lipinski definition) is 3. The van der Waals surface area contributed by atoms with Gasteiger partial charge in [-0.1, -0.05) is 19.1 Å². The maximum atomic E-state index is 11.6. The summed E-state index contributed by atoms with van der Waals surface area (Å²) in [6.07, 6.45) is 1.63. The highest BCUT2D eigenvalue weighted by molar-refractivity contribution is 5.73. The van der Waals surface area contributed by atoms with E-state index in [4.69, 9.17) is 9.84 Å². The Bertz CT molecular complexity index is 449. The molecule has 21 heavy (non-hydrogen) atoms. The topological polar surface area (TPSA) is 70.6 Å². The fourth-order valence-corrected chi connectivity index (χ4v) is 1.74. The quantitative estimate of drug-likeness (QED) is 0.645. The number of nitrogens with one attached hydrogen (secondary N) is 2. The van der Waals surface area contributed by atoms with E-state index in [1.807, 2.05) is 32.0 Å². The lowest BCUT2D eigenvalue weighted by Crippen LogP contribution is -2.35. The summed E-state index contributed by atoms with van der Waals surface area (Å²) >= 11 is 0. The Morgan fingerprint density at radius 2 is 2.14 bits per heavy atom. The van der Waals surface area contributed by atoms with Crippen LogP contribution in [0, 0.1) is 6.92 Å². The summed E-state index contributed by atoms with van der Waals surface area (Å²) in [4.78, 5) is 11.6. The van der Waals surface area contributed by atoms with Crippen molar-refractivity contribution in [2.45, 2.75) is 46.3 Å². The number of aryl methyl sites for hydroxylation is 1. The van der Waals surface area contributed by atoms with Crippen LogP contribution in [0.1, 0.15) is 37.8 Å². The molecule has 118 valence electrons. The molecule has 0 bridgehead atoms. The van der Waals surface area contributed by atoms with Gasteiger partial charge in [-0.2, -0.15) is 0 Å². The van der Waals surface area contributed by atoms with Crippen molar-refractivity contribution in [3.05, 3.63) is 29.3 Å². The van der Waals surface area contributed by atoms with E-state index in [9.17, 15) is 4.79 Å². The smallest absolute Gasteiger partial charge is 0.315 e. The van der Waals surface area contributed by atoms with E-state index < -0.39 is 0 Å². The molecule has 0 aliphatic rings. The van der Waals surface area contributed by atoms with E-state index in [2.05, 4.69) is 17.6 Å². The Morgan fingerprint density at radius 1 is 1.38 bits per heavy atom. The van der Waals surface area contributed by atoms with Gasteiger partial charge in [-0.15, -0.1) is 0 Å². The second-order valence-corrected chi connectivity index (χ2v) is 5.13. The predicted octanol–water partition coefficient (Wildman–Crippen LogP) is 2.35. The summed E-state index contributed by atoms with van der Waals surface area (Å²) in [5.41, 5.74) is 2.09. The van der Waals surface area contributed by atoms with E-state index in [0.29, 0.717) is 19.5 Å². The van der Waals surface area contributed by atoms with Gasteiger partial charge in [0.2, 0.25) is 0 Å². The van der Waals surface area contributed by atoms with E-state index >= 15 is 0 Å². The van der Waals surface area contributed by atoms with Crippen molar-refractivity contribution in [2.24, 2.45) is 0 Å². The molecule has 0 aliphatic carbocycles. The van der Waals surface area contributed by atoms with E-state index in [1.165, 1.54) is 0 Å². The average Bonchev–Trinajstić information content (AvgIpc) is 2.46. The maximum absolute atomic E-state index is 11.6. The molecule has 2 amide bonds. The number of benzene rings is 1. The first kappa shape index (κ1) is 17.3. The molecule has 0 saturated heterocycles.